The fraction of sp³-hybridized carbons (Fsp3) is 0.0588. The smallest absolute Gasteiger partial charge is 0.271 e. The first kappa shape index (κ1) is 17.9. The van der Waals surface area contributed by atoms with E-state index < -0.39 is 15.9 Å². The van der Waals surface area contributed by atoms with Crippen LogP contribution >= 0.6 is 11.3 Å². The molecule has 26 heavy (non-hydrogen) atoms. The van der Waals surface area contributed by atoms with E-state index >= 15 is 0 Å². The molecule has 0 radical (unpaired) electrons. The molecule has 0 unspecified atom stereocenters. The molecule has 0 fully saturated rings. The van der Waals surface area contributed by atoms with Crippen LogP contribution in [0.2, 0.25) is 0 Å². The van der Waals surface area contributed by atoms with Crippen LogP contribution in [0, 0.1) is 6.92 Å². The van der Waals surface area contributed by atoms with Crippen LogP contribution in [-0.2, 0) is 10.0 Å². The van der Waals surface area contributed by atoms with Crippen molar-refractivity contribution >= 4 is 39.2 Å². The largest absolute Gasteiger partial charge is 0.460 e. The molecule has 0 saturated carbocycles. The van der Waals surface area contributed by atoms with Gasteiger partial charge in [-0.3, -0.25) is 9.52 Å². The zero-order chi connectivity index (χ0) is 18.6. The van der Waals surface area contributed by atoms with Crippen LogP contribution in [0.1, 0.15) is 21.9 Å². The molecule has 0 spiro atoms. The van der Waals surface area contributed by atoms with Crippen molar-refractivity contribution in [3.63, 3.8) is 0 Å². The lowest BCUT2D eigenvalue weighted by Gasteiger charge is -2.07. The van der Waals surface area contributed by atoms with Crippen molar-refractivity contribution in [2.45, 2.75) is 11.1 Å². The number of amides is 1. The minimum absolute atomic E-state index is 0.224. The number of aryl methyl sites for hydroxylation is 1. The number of rotatable bonds is 6. The van der Waals surface area contributed by atoms with Crippen LogP contribution in [0.25, 0.3) is 0 Å². The summed E-state index contributed by atoms with van der Waals surface area (Å²) >= 11 is 1.13. The Morgan fingerprint density at radius 3 is 2.54 bits per heavy atom. The molecule has 0 aliphatic heterocycles. The summed E-state index contributed by atoms with van der Waals surface area (Å²) in [6, 6.07) is 12.8. The van der Waals surface area contributed by atoms with Crippen LogP contribution in [-0.4, -0.2) is 20.5 Å². The number of benzene rings is 1. The summed E-state index contributed by atoms with van der Waals surface area (Å²) in [7, 11) is -3.61. The summed E-state index contributed by atoms with van der Waals surface area (Å²) in [5.41, 5.74) is 3.09. The van der Waals surface area contributed by atoms with Gasteiger partial charge in [0, 0.05) is 11.3 Å². The van der Waals surface area contributed by atoms with E-state index in [0.717, 1.165) is 17.1 Å². The zero-order valence-electron chi connectivity index (χ0n) is 13.7. The van der Waals surface area contributed by atoms with Crippen molar-refractivity contribution in [3.8, 4) is 0 Å². The van der Waals surface area contributed by atoms with Crippen molar-refractivity contribution < 1.29 is 17.6 Å². The Labute approximate surface area is 154 Å². The summed E-state index contributed by atoms with van der Waals surface area (Å²) in [5, 5.41) is 5.51. The van der Waals surface area contributed by atoms with E-state index in [1.54, 1.807) is 23.6 Å². The number of carbonyl (C=O) groups is 1. The average molecular weight is 389 g/mol. The quantitative estimate of drug-likeness (QED) is 0.499. The summed E-state index contributed by atoms with van der Waals surface area (Å²) < 4.78 is 32.3. The van der Waals surface area contributed by atoms with Crippen molar-refractivity contribution in [2.24, 2.45) is 5.10 Å². The molecule has 134 valence electrons. The number of thiophene rings is 1. The molecule has 2 N–H and O–H groups in total. The Kier molecular flexibility index (Phi) is 5.19. The highest BCUT2D eigenvalue weighted by Gasteiger charge is 2.15. The van der Waals surface area contributed by atoms with Crippen LogP contribution < -0.4 is 10.1 Å². The Morgan fingerprint density at radius 1 is 1.15 bits per heavy atom. The van der Waals surface area contributed by atoms with Crippen molar-refractivity contribution in [1.82, 2.24) is 5.43 Å². The van der Waals surface area contributed by atoms with Crippen LogP contribution in [0.15, 0.2) is 67.6 Å². The highest BCUT2D eigenvalue weighted by atomic mass is 32.2. The third kappa shape index (κ3) is 4.38. The van der Waals surface area contributed by atoms with E-state index in [1.807, 2.05) is 6.92 Å². The average Bonchev–Trinajstić information content (AvgIpc) is 3.27. The van der Waals surface area contributed by atoms with Gasteiger partial charge < -0.3 is 4.42 Å². The molecule has 9 heteroatoms. The van der Waals surface area contributed by atoms with Crippen molar-refractivity contribution in [3.05, 3.63) is 71.0 Å². The van der Waals surface area contributed by atoms with Gasteiger partial charge in [-0.05, 0) is 54.8 Å². The Hall–Kier alpha value is -2.91. The molecule has 2 aromatic heterocycles. The minimum atomic E-state index is -3.61. The Morgan fingerprint density at radius 2 is 1.92 bits per heavy atom. The predicted octanol–water partition coefficient (Wildman–Crippen LogP) is 3.21. The van der Waals surface area contributed by atoms with Gasteiger partial charge in [-0.1, -0.05) is 6.07 Å². The fourth-order valence-corrected chi connectivity index (χ4v) is 4.10. The van der Waals surface area contributed by atoms with Gasteiger partial charge in [0.2, 0.25) is 0 Å². The normalized spacial score (nSPS) is 11.6. The van der Waals surface area contributed by atoms with Gasteiger partial charge in [0.05, 0.1) is 6.21 Å². The molecular formula is C17H15N3O4S2. The first-order chi connectivity index (χ1) is 12.4. The van der Waals surface area contributed by atoms with E-state index in [4.69, 9.17) is 4.42 Å². The number of carbonyl (C=O) groups excluding carboxylic acids is 1. The van der Waals surface area contributed by atoms with Gasteiger partial charge in [-0.15, -0.1) is 11.3 Å². The first-order valence-electron chi connectivity index (χ1n) is 7.50. The van der Waals surface area contributed by atoms with Gasteiger partial charge in [0.1, 0.15) is 15.7 Å². The number of hydrogen-bond acceptors (Lipinski definition) is 6. The SMILES string of the molecule is Cc1ccc(/C=N\NC(=O)c2ccc(NS(=O)(=O)c3cccs3)cc2)o1. The molecule has 7 nitrogen and oxygen atoms in total. The second-order valence-corrected chi connectivity index (χ2v) is 8.12. The Balaban J connectivity index is 1.62. The molecule has 1 aromatic carbocycles. The molecule has 0 aliphatic carbocycles. The number of nitrogens with zero attached hydrogens (tertiary/aromatic N) is 1. The highest BCUT2D eigenvalue weighted by molar-refractivity contribution is 7.94. The molecule has 1 amide bonds. The number of hydrogen-bond donors (Lipinski definition) is 2. The number of hydrazone groups is 1. The Bertz CT molecular complexity index is 1020. The number of furan rings is 1. The van der Waals surface area contributed by atoms with E-state index in [-0.39, 0.29) is 4.21 Å². The van der Waals surface area contributed by atoms with Gasteiger partial charge in [-0.25, -0.2) is 13.8 Å². The van der Waals surface area contributed by atoms with Crippen LogP contribution in [0.5, 0.6) is 0 Å². The molecule has 0 atom stereocenters. The molecule has 3 rings (SSSR count). The summed E-state index contributed by atoms with van der Waals surface area (Å²) in [4.78, 5) is 12.0. The monoisotopic (exact) mass is 389 g/mol. The number of anilines is 1. The van der Waals surface area contributed by atoms with E-state index in [1.165, 1.54) is 36.5 Å². The molecule has 0 aliphatic rings. The highest BCUT2D eigenvalue weighted by Crippen LogP contribution is 2.20. The first-order valence-corrected chi connectivity index (χ1v) is 9.86. The van der Waals surface area contributed by atoms with Gasteiger partial charge >= 0.3 is 0 Å². The second-order valence-electron chi connectivity index (χ2n) is 5.26. The molecule has 0 saturated heterocycles. The van der Waals surface area contributed by atoms with Gasteiger partial charge in [0.15, 0.2) is 0 Å². The zero-order valence-corrected chi connectivity index (χ0v) is 15.3. The van der Waals surface area contributed by atoms with Gasteiger partial charge in [0.25, 0.3) is 15.9 Å². The summed E-state index contributed by atoms with van der Waals surface area (Å²) in [6.45, 7) is 1.81. The van der Waals surface area contributed by atoms with Crippen molar-refractivity contribution in [2.75, 3.05) is 4.72 Å². The maximum absolute atomic E-state index is 12.2. The number of nitrogens with one attached hydrogen (secondary N) is 2. The maximum Gasteiger partial charge on any atom is 0.271 e. The maximum atomic E-state index is 12.2. The standard InChI is InChI=1S/C17H15N3O4S2/c1-12-4-9-15(24-12)11-18-19-17(21)13-5-7-14(8-6-13)20-26(22,23)16-3-2-10-25-16/h2-11,20H,1H3,(H,19,21)/b18-11-. The molecule has 3 aromatic rings. The van der Waals surface area contributed by atoms with E-state index in [2.05, 4.69) is 15.2 Å². The minimum Gasteiger partial charge on any atom is -0.460 e. The van der Waals surface area contributed by atoms with E-state index in [0.29, 0.717) is 17.0 Å². The lowest BCUT2D eigenvalue weighted by Crippen LogP contribution is -2.17. The van der Waals surface area contributed by atoms with Crippen LogP contribution in [0.4, 0.5) is 5.69 Å². The molecule has 2 heterocycles. The van der Waals surface area contributed by atoms with Crippen molar-refractivity contribution in [1.29, 1.82) is 0 Å². The number of sulfonamides is 1. The third-order valence-electron chi connectivity index (χ3n) is 3.28. The fourth-order valence-electron chi connectivity index (χ4n) is 2.05. The predicted molar refractivity (Wildman–Crippen MR) is 100 cm³/mol. The molecular weight excluding hydrogens is 374 g/mol. The van der Waals surface area contributed by atoms with Gasteiger partial charge in [-0.2, -0.15) is 5.10 Å². The lowest BCUT2D eigenvalue weighted by molar-refractivity contribution is 0.0955. The lowest BCUT2D eigenvalue weighted by atomic mass is 10.2. The summed E-state index contributed by atoms with van der Waals surface area (Å²) in [6.07, 6.45) is 1.40. The topological polar surface area (TPSA) is 101 Å². The second kappa shape index (κ2) is 7.54. The van der Waals surface area contributed by atoms with E-state index in [9.17, 15) is 13.2 Å². The molecule has 0 bridgehead atoms. The van der Waals surface area contributed by atoms with Crippen LogP contribution in [0.3, 0.4) is 0 Å². The third-order valence-corrected chi connectivity index (χ3v) is 6.06. The summed E-state index contributed by atoms with van der Waals surface area (Å²) in [5.74, 6) is 0.858.